The Hall–Kier alpha value is -0.390. The molecule has 1 atom stereocenters. The van der Waals surface area contributed by atoms with E-state index in [-0.39, 0.29) is 0 Å². The van der Waals surface area contributed by atoms with Gasteiger partial charge in [0.1, 0.15) is 0 Å². The molecule has 1 saturated heterocycles. The van der Waals surface area contributed by atoms with Gasteiger partial charge in [0.15, 0.2) is 0 Å². The second kappa shape index (κ2) is 7.57. The van der Waals surface area contributed by atoms with Crippen molar-refractivity contribution in [2.24, 2.45) is 5.92 Å². The Morgan fingerprint density at radius 1 is 1.35 bits per heavy atom. The van der Waals surface area contributed by atoms with E-state index < -0.39 is 10.0 Å². The Bertz CT molecular complexity index is 431. The maximum Gasteiger partial charge on any atom is 0.211 e. The van der Waals surface area contributed by atoms with Gasteiger partial charge < -0.3 is 5.32 Å². The zero-order valence-electron chi connectivity index (χ0n) is 12.6. The highest BCUT2D eigenvalue weighted by Gasteiger charge is 2.25. The molecule has 1 aliphatic carbocycles. The summed E-state index contributed by atoms with van der Waals surface area (Å²) in [5.74, 6) is 0.471. The quantitative estimate of drug-likeness (QED) is 0.604. The fraction of sp³-hybridized carbons (Fsp3) is 0.867. The molecular formula is C15H28N2O2S. The van der Waals surface area contributed by atoms with Crippen molar-refractivity contribution in [3.63, 3.8) is 0 Å². The van der Waals surface area contributed by atoms with Crippen molar-refractivity contribution in [1.29, 1.82) is 0 Å². The molecule has 1 heterocycles. The van der Waals surface area contributed by atoms with Crippen LogP contribution >= 0.6 is 0 Å². The third kappa shape index (κ3) is 5.19. The van der Waals surface area contributed by atoms with Crippen LogP contribution in [0, 0.1) is 5.92 Å². The summed E-state index contributed by atoms with van der Waals surface area (Å²) >= 11 is 0. The van der Waals surface area contributed by atoms with Gasteiger partial charge in [0, 0.05) is 13.1 Å². The monoisotopic (exact) mass is 300 g/mol. The molecule has 0 bridgehead atoms. The van der Waals surface area contributed by atoms with Crippen LogP contribution in [0.5, 0.6) is 0 Å². The summed E-state index contributed by atoms with van der Waals surface area (Å²) in [5, 5.41) is 3.51. The molecule has 0 saturated carbocycles. The largest absolute Gasteiger partial charge is 0.316 e. The smallest absolute Gasteiger partial charge is 0.211 e. The van der Waals surface area contributed by atoms with E-state index >= 15 is 0 Å². The molecule has 0 amide bonds. The summed E-state index contributed by atoms with van der Waals surface area (Å²) in [6.07, 6.45) is 12.2. The lowest BCUT2D eigenvalue weighted by molar-refractivity contribution is 0.262. The third-order valence-electron chi connectivity index (χ3n) is 4.39. The van der Waals surface area contributed by atoms with Crippen LogP contribution < -0.4 is 5.32 Å². The van der Waals surface area contributed by atoms with Crippen molar-refractivity contribution < 1.29 is 8.42 Å². The molecule has 2 aliphatic rings. The number of hydrogen-bond donors (Lipinski definition) is 1. The Kier molecular flexibility index (Phi) is 6.05. The van der Waals surface area contributed by atoms with Gasteiger partial charge in [-0.05, 0) is 64.0 Å². The van der Waals surface area contributed by atoms with E-state index in [1.807, 2.05) is 0 Å². The van der Waals surface area contributed by atoms with Gasteiger partial charge in [-0.2, -0.15) is 0 Å². The first-order valence-corrected chi connectivity index (χ1v) is 9.74. The molecule has 1 unspecified atom stereocenters. The maximum atomic E-state index is 11.6. The second-order valence-electron chi connectivity index (χ2n) is 6.19. The van der Waals surface area contributed by atoms with Crippen molar-refractivity contribution in [2.75, 3.05) is 32.4 Å². The Labute approximate surface area is 123 Å². The number of sulfonamides is 1. The fourth-order valence-electron chi connectivity index (χ4n) is 3.18. The third-order valence-corrected chi connectivity index (χ3v) is 5.66. The highest BCUT2D eigenvalue weighted by atomic mass is 32.2. The number of hydrogen-bond acceptors (Lipinski definition) is 3. The van der Waals surface area contributed by atoms with Gasteiger partial charge in [-0.3, -0.25) is 0 Å². The van der Waals surface area contributed by atoms with E-state index in [4.69, 9.17) is 0 Å². The van der Waals surface area contributed by atoms with Crippen LogP contribution in [0.15, 0.2) is 11.6 Å². The highest BCUT2D eigenvalue weighted by molar-refractivity contribution is 7.88. The van der Waals surface area contributed by atoms with Gasteiger partial charge in [-0.15, -0.1) is 0 Å². The summed E-state index contributed by atoms with van der Waals surface area (Å²) < 4.78 is 24.8. The number of allylic oxidation sites excluding steroid dienone is 1. The summed E-state index contributed by atoms with van der Waals surface area (Å²) in [5.41, 5.74) is 1.60. The Morgan fingerprint density at radius 2 is 2.20 bits per heavy atom. The van der Waals surface area contributed by atoms with Crippen molar-refractivity contribution >= 4 is 10.0 Å². The van der Waals surface area contributed by atoms with Crippen LogP contribution in [0.4, 0.5) is 0 Å². The van der Waals surface area contributed by atoms with E-state index in [2.05, 4.69) is 11.4 Å². The van der Waals surface area contributed by atoms with E-state index in [9.17, 15) is 8.42 Å². The molecule has 5 heteroatoms. The second-order valence-corrected chi connectivity index (χ2v) is 8.17. The van der Waals surface area contributed by atoms with Crippen LogP contribution in [0.2, 0.25) is 0 Å². The van der Waals surface area contributed by atoms with Crippen LogP contribution in [-0.2, 0) is 10.0 Å². The fourth-order valence-corrected chi connectivity index (χ4v) is 4.12. The molecule has 0 aromatic heterocycles. The minimum atomic E-state index is -3.01. The number of nitrogens with one attached hydrogen (secondary N) is 1. The summed E-state index contributed by atoms with van der Waals surface area (Å²) in [6.45, 7) is 3.36. The predicted octanol–water partition coefficient (Wildman–Crippen LogP) is 2.14. The van der Waals surface area contributed by atoms with E-state index in [0.29, 0.717) is 19.0 Å². The molecule has 1 N–H and O–H groups in total. The van der Waals surface area contributed by atoms with Gasteiger partial charge in [0.25, 0.3) is 0 Å². The molecule has 4 nitrogen and oxygen atoms in total. The lowest BCUT2D eigenvalue weighted by atomic mass is 9.97. The van der Waals surface area contributed by atoms with Gasteiger partial charge in [-0.1, -0.05) is 11.6 Å². The Morgan fingerprint density at radius 3 is 2.90 bits per heavy atom. The number of piperidine rings is 1. The summed E-state index contributed by atoms with van der Waals surface area (Å²) in [4.78, 5) is 0. The minimum absolute atomic E-state index is 0.471. The first kappa shape index (κ1) is 16.0. The number of rotatable bonds is 6. The Balaban J connectivity index is 1.65. The lowest BCUT2D eigenvalue weighted by Gasteiger charge is -2.31. The molecule has 0 aromatic rings. The van der Waals surface area contributed by atoms with Crippen LogP contribution in [0.25, 0.3) is 0 Å². The van der Waals surface area contributed by atoms with Crippen LogP contribution in [0.1, 0.15) is 44.9 Å². The van der Waals surface area contributed by atoms with Crippen molar-refractivity contribution in [1.82, 2.24) is 9.62 Å². The van der Waals surface area contributed by atoms with Crippen LogP contribution in [-0.4, -0.2) is 45.2 Å². The molecule has 20 heavy (non-hydrogen) atoms. The average Bonchev–Trinajstić information content (AvgIpc) is 2.44. The lowest BCUT2D eigenvalue weighted by Crippen LogP contribution is -2.42. The van der Waals surface area contributed by atoms with Gasteiger partial charge in [0.2, 0.25) is 10.0 Å². The first-order valence-electron chi connectivity index (χ1n) is 7.89. The predicted molar refractivity (Wildman–Crippen MR) is 83.2 cm³/mol. The van der Waals surface area contributed by atoms with Gasteiger partial charge >= 0.3 is 0 Å². The summed E-state index contributed by atoms with van der Waals surface area (Å²) in [6, 6.07) is 0. The molecule has 0 radical (unpaired) electrons. The van der Waals surface area contributed by atoms with Crippen molar-refractivity contribution in [2.45, 2.75) is 44.9 Å². The molecule has 1 aliphatic heterocycles. The molecule has 1 fully saturated rings. The first-order chi connectivity index (χ1) is 9.55. The van der Waals surface area contributed by atoms with Crippen molar-refractivity contribution in [3.05, 3.63) is 11.6 Å². The average molecular weight is 300 g/mol. The topological polar surface area (TPSA) is 49.4 Å². The van der Waals surface area contributed by atoms with Gasteiger partial charge in [0.05, 0.1) is 6.26 Å². The van der Waals surface area contributed by atoms with Crippen LogP contribution in [0.3, 0.4) is 0 Å². The number of nitrogens with zero attached hydrogens (tertiary/aromatic N) is 1. The normalized spacial score (nSPS) is 25.4. The maximum absolute atomic E-state index is 11.6. The van der Waals surface area contributed by atoms with E-state index in [1.54, 1.807) is 9.88 Å². The minimum Gasteiger partial charge on any atom is -0.316 e. The highest BCUT2D eigenvalue weighted by Crippen LogP contribution is 2.20. The van der Waals surface area contributed by atoms with Crippen molar-refractivity contribution in [3.8, 4) is 0 Å². The van der Waals surface area contributed by atoms with Gasteiger partial charge in [-0.25, -0.2) is 12.7 Å². The molecule has 116 valence electrons. The molecular weight excluding hydrogens is 272 g/mol. The molecule has 0 aromatic carbocycles. The zero-order valence-corrected chi connectivity index (χ0v) is 13.4. The summed E-state index contributed by atoms with van der Waals surface area (Å²) in [7, 11) is -3.01. The zero-order chi connectivity index (χ0) is 14.4. The van der Waals surface area contributed by atoms with E-state index in [0.717, 1.165) is 32.4 Å². The standard InChI is InChI=1S/C15H28N2O2S/c1-20(18,19)17-11-5-8-15(13-17)12-16-10-9-14-6-3-2-4-7-14/h6,15-16H,2-5,7-13H2,1H3. The SMILES string of the molecule is CS(=O)(=O)N1CCCC(CNCCC2=CCCCC2)C1. The molecule has 0 spiro atoms. The van der Waals surface area contributed by atoms with E-state index in [1.165, 1.54) is 31.9 Å². The molecule has 2 rings (SSSR count).